The Kier molecular flexibility index (Phi) is 4.42. The summed E-state index contributed by atoms with van der Waals surface area (Å²) in [5, 5.41) is 4.55. The molecule has 1 aliphatic heterocycles. The molecule has 2 rings (SSSR count). The molecule has 3 nitrogen and oxygen atoms in total. The highest BCUT2D eigenvalue weighted by molar-refractivity contribution is 8.13. The lowest BCUT2D eigenvalue weighted by Crippen LogP contribution is -2.37. The van der Waals surface area contributed by atoms with Crippen molar-refractivity contribution in [1.29, 1.82) is 0 Å². The highest BCUT2D eigenvalue weighted by atomic mass is 32.2. The third-order valence-corrected chi connectivity index (χ3v) is 3.82. The van der Waals surface area contributed by atoms with E-state index in [1.54, 1.807) is 0 Å². The van der Waals surface area contributed by atoms with Gasteiger partial charge in [-0.05, 0) is 31.9 Å². The van der Waals surface area contributed by atoms with Crippen molar-refractivity contribution < 1.29 is 0 Å². The number of rotatable bonds is 3. The molecule has 0 amide bonds. The van der Waals surface area contributed by atoms with Crippen molar-refractivity contribution in [3.05, 3.63) is 29.6 Å². The molecule has 1 atom stereocenters. The third-order valence-electron chi connectivity index (χ3n) is 2.86. The number of hydrogen-bond donors (Lipinski definition) is 1. The highest BCUT2D eigenvalue weighted by Crippen LogP contribution is 2.16. The summed E-state index contributed by atoms with van der Waals surface area (Å²) in [6, 6.07) is 6.67. The van der Waals surface area contributed by atoms with Crippen molar-refractivity contribution in [2.75, 3.05) is 5.75 Å². The Morgan fingerprint density at radius 2 is 2.41 bits per heavy atom. The van der Waals surface area contributed by atoms with Crippen LogP contribution in [0.5, 0.6) is 0 Å². The summed E-state index contributed by atoms with van der Waals surface area (Å²) in [6.07, 6.45) is 2.41. The van der Waals surface area contributed by atoms with Gasteiger partial charge in [0, 0.05) is 17.5 Å². The highest BCUT2D eigenvalue weighted by Gasteiger charge is 2.15. The predicted molar refractivity (Wildman–Crippen MR) is 74.4 cm³/mol. The largest absolute Gasteiger partial charge is 0.362 e. The number of nitrogens with one attached hydrogen (secondary N) is 1. The fourth-order valence-electron chi connectivity index (χ4n) is 1.82. The maximum Gasteiger partial charge on any atom is 0.157 e. The monoisotopic (exact) mass is 249 g/mol. The van der Waals surface area contributed by atoms with Crippen LogP contribution in [0.25, 0.3) is 0 Å². The van der Waals surface area contributed by atoms with Crippen LogP contribution in [0.15, 0.2) is 23.2 Å². The van der Waals surface area contributed by atoms with E-state index in [1.807, 2.05) is 36.9 Å². The average molecular weight is 249 g/mol. The molecule has 2 heterocycles. The zero-order valence-corrected chi connectivity index (χ0v) is 11.3. The second kappa shape index (κ2) is 6.05. The van der Waals surface area contributed by atoms with Gasteiger partial charge in [0.15, 0.2) is 5.17 Å². The molecule has 1 unspecified atom stereocenters. The van der Waals surface area contributed by atoms with E-state index >= 15 is 0 Å². The van der Waals surface area contributed by atoms with Gasteiger partial charge in [-0.1, -0.05) is 24.8 Å². The van der Waals surface area contributed by atoms with Crippen molar-refractivity contribution in [3.63, 3.8) is 0 Å². The number of aryl methyl sites for hydroxylation is 1. The summed E-state index contributed by atoms with van der Waals surface area (Å²) in [5.74, 6) is 1.17. The fraction of sp³-hybridized carbons (Fsp3) is 0.538. The molecule has 1 aromatic rings. The Bertz CT molecular complexity index is 403. The zero-order valence-electron chi connectivity index (χ0n) is 10.4. The number of thioether (sulfide) groups is 1. The Labute approximate surface area is 107 Å². The second-order valence-electron chi connectivity index (χ2n) is 4.28. The van der Waals surface area contributed by atoms with Gasteiger partial charge in [0.1, 0.15) is 0 Å². The van der Waals surface area contributed by atoms with Crippen LogP contribution in [0.4, 0.5) is 0 Å². The molecule has 1 aromatic heterocycles. The molecule has 0 radical (unpaired) electrons. The number of aromatic nitrogens is 1. The van der Waals surface area contributed by atoms with Gasteiger partial charge in [0.2, 0.25) is 0 Å². The van der Waals surface area contributed by atoms with Crippen molar-refractivity contribution >= 4 is 16.9 Å². The first kappa shape index (κ1) is 12.4. The van der Waals surface area contributed by atoms with Crippen molar-refractivity contribution in [2.24, 2.45) is 4.99 Å². The molecule has 1 fully saturated rings. The van der Waals surface area contributed by atoms with Crippen LogP contribution < -0.4 is 5.32 Å². The molecular formula is C13H19N3S. The molecule has 0 bridgehead atoms. The van der Waals surface area contributed by atoms with E-state index in [9.17, 15) is 0 Å². The Balaban J connectivity index is 1.95. The van der Waals surface area contributed by atoms with E-state index in [-0.39, 0.29) is 0 Å². The smallest absolute Gasteiger partial charge is 0.157 e. The SMILES string of the molecule is CCC1CCSC(=NCc2cccc(C)n2)N1. The van der Waals surface area contributed by atoms with Crippen molar-refractivity contribution in [3.8, 4) is 0 Å². The molecule has 0 aliphatic carbocycles. The minimum Gasteiger partial charge on any atom is -0.362 e. The number of amidine groups is 1. The van der Waals surface area contributed by atoms with Gasteiger partial charge in [-0.2, -0.15) is 0 Å². The zero-order chi connectivity index (χ0) is 12.1. The fourth-order valence-corrected chi connectivity index (χ4v) is 2.83. The van der Waals surface area contributed by atoms with Crippen LogP contribution in [0.2, 0.25) is 0 Å². The van der Waals surface area contributed by atoms with E-state index in [1.165, 1.54) is 18.6 Å². The Morgan fingerprint density at radius 1 is 1.53 bits per heavy atom. The summed E-state index contributed by atoms with van der Waals surface area (Å²) < 4.78 is 0. The minimum atomic E-state index is 0.598. The van der Waals surface area contributed by atoms with Crippen molar-refractivity contribution in [1.82, 2.24) is 10.3 Å². The van der Waals surface area contributed by atoms with E-state index in [0.29, 0.717) is 12.6 Å². The second-order valence-corrected chi connectivity index (χ2v) is 5.36. The molecule has 17 heavy (non-hydrogen) atoms. The third kappa shape index (κ3) is 3.73. The topological polar surface area (TPSA) is 37.3 Å². The van der Waals surface area contributed by atoms with Crippen LogP contribution in [-0.2, 0) is 6.54 Å². The molecule has 1 aliphatic rings. The molecule has 4 heteroatoms. The lowest BCUT2D eigenvalue weighted by atomic mass is 10.2. The Morgan fingerprint density at radius 3 is 3.18 bits per heavy atom. The molecule has 0 aromatic carbocycles. The lowest BCUT2D eigenvalue weighted by molar-refractivity contribution is 0.570. The van der Waals surface area contributed by atoms with Crippen molar-refractivity contribution in [2.45, 2.75) is 39.3 Å². The number of pyridine rings is 1. The number of hydrogen-bond acceptors (Lipinski definition) is 3. The molecule has 1 saturated heterocycles. The van der Waals surface area contributed by atoms with Crippen LogP contribution in [-0.4, -0.2) is 21.9 Å². The van der Waals surface area contributed by atoms with Gasteiger partial charge in [0.05, 0.1) is 12.2 Å². The number of aliphatic imine (C=N–C) groups is 1. The molecular weight excluding hydrogens is 230 g/mol. The van der Waals surface area contributed by atoms with Gasteiger partial charge in [-0.25, -0.2) is 0 Å². The normalized spacial score (nSPS) is 22.5. The van der Waals surface area contributed by atoms with Gasteiger partial charge >= 0.3 is 0 Å². The first-order valence-corrected chi connectivity index (χ1v) is 7.13. The molecule has 0 saturated carbocycles. The summed E-state index contributed by atoms with van der Waals surface area (Å²) in [5.41, 5.74) is 2.09. The molecule has 92 valence electrons. The summed E-state index contributed by atoms with van der Waals surface area (Å²) in [4.78, 5) is 9.05. The minimum absolute atomic E-state index is 0.598. The molecule has 1 N–H and O–H groups in total. The first-order valence-electron chi connectivity index (χ1n) is 6.14. The quantitative estimate of drug-likeness (QED) is 0.895. The lowest BCUT2D eigenvalue weighted by Gasteiger charge is -2.24. The predicted octanol–water partition coefficient (Wildman–Crippen LogP) is 2.75. The average Bonchev–Trinajstić information content (AvgIpc) is 2.37. The number of nitrogens with zero attached hydrogens (tertiary/aromatic N) is 2. The Hall–Kier alpha value is -1.03. The standard InChI is InChI=1S/C13H19N3S/c1-3-11-7-8-17-13(16-11)14-9-12-6-4-5-10(2)15-12/h4-6,11H,3,7-9H2,1-2H3,(H,14,16). The van der Waals surface area contributed by atoms with E-state index in [2.05, 4.69) is 22.2 Å². The summed E-state index contributed by atoms with van der Waals surface area (Å²) in [6.45, 7) is 4.90. The van der Waals surface area contributed by atoms with Gasteiger partial charge in [0.25, 0.3) is 0 Å². The van der Waals surface area contributed by atoms with Crippen LogP contribution in [0, 0.1) is 6.92 Å². The molecule has 0 spiro atoms. The van der Waals surface area contributed by atoms with Crippen LogP contribution in [0.3, 0.4) is 0 Å². The van der Waals surface area contributed by atoms with Crippen LogP contribution in [0.1, 0.15) is 31.2 Å². The maximum atomic E-state index is 4.60. The van der Waals surface area contributed by atoms with E-state index < -0.39 is 0 Å². The van der Waals surface area contributed by atoms with E-state index in [4.69, 9.17) is 0 Å². The van der Waals surface area contributed by atoms with E-state index in [0.717, 1.165) is 16.6 Å². The summed E-state index contributed by atoms with van der Waals surface area (Å²) in [7, 11) is 0. The van der Waals surface area contributed by atoms with Gasteiger partial charge in [-0.15, -0.1) is 0 Å². The maximum absolute atomic E-state index is 4.60. The van der Waals surface area contributed by atoms with Gasteiger partial charge < -0.3 is 5.32 Å². The van der Waals surface area contributed by atoms with Crippen LogP contribution >= 0.6 is 11.8 Å². The van der Waals surface area contributed by atoms with Gasteiger partial charge in [-0.3, -0.25) is 9.98 Å². The summed E-state index contributed by atoms with van der Waals surface area (Å²) >= 11 is 1.82. The first-order chi connectivity index (χ1) is 8.28.